The van der Waals surface area contributed by atoms with Gasteiger partial charge in [0.05, 0.1) is 5.92 Å². The first-order valence-electron chi connectivity index (χ1n) is 9.76. The summed E-state index contributed by atoms with van der Waals surface area (Å²) in [6.45, 7) is 9.19. The zero-order chi connectivity index (χ0) is 19.1. The molecule has 2 N–H and O–H groups in total. The van der Waals surface area contributed by atoms with Crippen molar-refractivity contribution in [2.75, 3.05) is 13.1 Å². The minimum absolute atomic E-state index is 0.00100. The molecule has 1 aliphatic heterocycles. The molecular formula is C20H31N3O3. The maximum atomic E-state index is 12.6. The van der Waals surface area contributed by atoms with Gasteiger partial charge in [-0.3, -0.25) is 14.5 Å². The lowest BCUT2D eigenvalue weighted by molar-refractivity contribution is -0.131. The van der Waals surface area contributed by atoms with Crippen LogP contribution in [0.2, 0.25) is 0 Å². The summed E-state index contributed by atoms with van der Waals surface area (Å²) in [5.41, 5.74) is 0.592. The number of amides is 4. The molecule has 2 saturated carbocycles. The van der Waals surface area contributed by atoms with Crippen LogP contribution in [0.25, 0.3) is 0 Å². The van der Waals surface area contributed by atoms with Crippen LogP contribution in [0, 0.1) is 17.3 Å². The molecule has 1 heterocycles. The summed E-state index contributed by atoms with van der Waals surface area (Å²) in [4.78, 5) is 38.5. The second kappa shape index (κ2) is 6.71. The van der Waals surface area contributed by atoms with Gasteiger partial charge >= 0.3 is 6.03 Å². The lowest BCUT2D eigenvalue weighted by atomic mass is 9.98. The molecule has 6 nitrogen and oxygen atoms in total. The summed E-state index contributed by atoms with van der Waals surface area (Å²) in [7, 11) is 0. The second-order valence-corrected chi connectivity index (χ2v) is 8.89. The molecule has 0 aromatic rings. The molecule has 3 aliphatic rings. The number of hydrogen-bond acceptors (Lipinski definition) is 3. The average Bonchev–Trinajstić information content (AvgIpc) is 2.89. The molecule has 0 bridgehead atoms. The molecule has 144 valence electrons. The highest BCUT2D eigenvalue weighted by Crippen LogP contribution is 2.59. The van der Waals surface area contributed by atoms with Crippen LogP contribution < -0.4 is 10.6 Å². The van der Waals surface area contributed by atoms with E-state index in [1.165, 1.54) is 10.5 Å². The number of imide groups is 1. The Morgan fingerprint density at radius 3 is 2.54 bits per heavy atom. The lowest BCUT2D eigenvalue weighted by Crippen LogP contribution is -2.44. The Labute approximate surface area is 155 Å². The van der Waals surface area contributed by atoms with E-state index in [2.05, 4.69) is 44.4 Å². The van der Waals surface area contributed by atoms with Crippen LogP contribution in [-0.2, 0) is 9.59 Å². The van der Waals surface area contributed by atoms with Crippen LogP contribution in [0.1, 0.15) is 59.8 Å². The highest BCUT2D eigenvalue weighted by molar-refractivity contribution is 6.07. The topological polar surface area (TPSA) is 78.5 Å². The van der Waals surface area contributed by atoms with E-state index in [4.69, 9.17) is 0 Å². The largest absolute Gasteiger partial charge is 0.356 e. The van der Waals surface area contributed by atoms with Gasteiger partial charge in [0, 0.05) is 13.1 Å². The number of hydrogen-bond donors (Lipinski definition) is 2. The molecule has 1 saturated heterocycles. The van der Waals surface area contributed by atoms with Gasteiger partial charge in [0.1, 0.15) is 5.54 Å². The molecule has 6 heteroatoms. The monoisotopic (exact) mass is 361 g/mol. The van der Waals surface area contributed by atoms with Crippen molar-refractivity contribution in [2.45, 2.75) is 65.3 Å². The molecule has 3 fully saturated rings. The molecule has 4 amide bonds. The maximum Gasteiger partial charge on any atom is 0.325 e. The van der Waals surface area contributed by atoms with E-state index in [-0.39, 0.29) is 29.2 Å². The van der Waals surface area contributed by atoms with Crippen molar-refractivity contribution in [2.24, 2.45) is 17.3 Å². The Hall–Kier alpha value is -1.85. The van der Waals surface area contributed by atoms with Crippen molar-refractivity contribution in [1.29, 1.82) is 0 Å². The van der Waals surface area contributed by atoms with Gasteiger partial charge < -0.3 is 10.6 Å². The van der Waals surface area contributed by atoms with Crippen LogP contribution in [0.3, 0.4) is 0 Å². The molecule has 26 heavy (non-hydrogen) atoms. The number of nitrogens with zero attached hydrogens (tertiary/aromatic N) is 1. The molecule has 0 aromatic carbocycles. The van der Waals surface area contributed by atoms with Crippen molar-refractivity contribution in [3.05, 3.63) is 11.6 Å². The zero-order valence-electron chi connectivity index (χ0n) is 16.4. The Balaban J connectivity index is 1.45. The van der Waals surface area contributed by atoms with E-state index in [0.717, 1.165) is 25.7 Å². The Morgan fingerprint density at radius 1 is 1.27 bits per heavy atom. The number of urea groups is 1. The maximum absolute atomic E-state index is 12.6. The van der Waals surface area contributed by atoms with Gasteiger partial charge in [0.25, 0.3) is 5.91 Å². The Morgan fingerprint density at radius 2 is 1.92 bits per heavy atom. The molecular weight excluding hydrogens is 330 g/mol. The van der Waals surface area contributed by atoms with Crippen LogP contribution in [0.4, 0.5) is 4.79 Å². The fourth-order valence-electron chi connectivity index (χ4n) is 4.60. The molecule has 0 aromatic heterocycles. The number of allylic oxidation sites excluding steroid dienone is 2. The van der Waals surface area contributed by atoms with Gasteiger partial charge in [-0.25, -0.2) is 4.79 Å². The van der Waals surface area contributed by atoms with Gasteiger partial charge in [-0.05, 0) is 44.4 Å². The Kier molecular flexibility index (Phi) is 4.88. The molecule has 1 spiro atoms. The smallest absolute Gasteiger partial charge is 0.325 e. The quantitative estimate of drug-likeness (QED) is 0.434. The first-order valence-corrected chi connectivity index (χ1v) is 9.76. The molecule has 2 aliphatic carbocycles. The summed E-state index contributed by atoms with van der Waals surface area (Å²) >= 11 is 0. The van der Waals surface area contributed by atoms with Crippen molar-refractivity contribution in [1.82, 2.24) is 15.5 Å². The van der Waals surface area contributed by atoms with E-state index in [1.54, 1.807) is 0 Å². The SMILES string of the molecule is CC(C)=C[C@@H]1[C@H](C(=O)NCCCN2C(=O)NC3(CCCC3)C2=O)C1(C)C. The summed E-state index contributed by atoms with van der Waals surface area (Å²) in [6.07, 6.45) is 6.22. The van der Waals surface area contributed by atoms with Crippen molar-refractivity contribution >= 4 is 17.8 Å². The van der Waals surface area contributed by atoms with Gasteiger partial charge in [-0.1, -0.05) is 38.3 Å². The number of rotatable bonds is 6. The zero-order valence-corrected chi connectivity index (χ0v) is 16.4. The third-order valence-electron chi connectivity index (χ3n) is 6.27. The summed E-state index contributed by atoms with van der Waals surface area (Å²) in [6, 6.07) is -0.282. The molecule has 3 rings (SSSR count). The predicted octanol–water partition coefficient (Wildman–Crippen LogP) is 2.60. The number of nitrogens with one attached hydrogen (secondary N) is 2. The summed E-state index contributed by atoms with van der Waals surface area (Å²) in [5, 5.41) is 5.87. The van der Waals surface area contributed by atoms with Gasteiger partial charge in [0.2, 0.25) is 5.91 Å². The lowest BCUT2D eigenvalue weighted by Gasteiger charge is -2.20. The first kappa shape index (κ1) is 18.9. The molecule has 0 unspecified atom stereocenters. The van der Waals surface area contributed by atoms with E-state index in [9.17, 15) is 14.4 Å². The minimum atomic E-state index is -0.643. The van der Waals surface area contributed by atoms with Crippen LogP contribution in [-0.4, -0.2) is 41.4 Å². The van der Waals surface area contributed by atoms with Crippen molar-refractivity contribution in [3.63, 3.8) is 0 Å². The number of carbonyl (C=O) groups is 3. The first-order chi connectivity index (χ1) is 12.2. The van der Waals surface area contributed by atoms with Gasteiger partial charge in [0.15, 0.2) is 0 Å². The fourth-order valence-corrected chi connectivity index (χ4v) is 4.60. The fraction of sp³-hybridized carbons (Fsp3) is 0.750. The molecule has 0 radical (unpaired) electrons. The highest BCUT2D eigenvalue weighted by Gasteiger charge is 2.60. The molecule has 2 atom stereocenters. The normalized spacial score (nSPS) is 28.2. The standard InChI is InChI=1S/C20H31N3O3/c1-13(2)12-14-15(19(14,3)4)16(24)21-10-7-11-23-17(25)20(22-18(23)26)8-5-6-9-20/h12,14-15H,5-11H2,1-4H3,(H,21,24)(H,22,26)/t14-,15-/m1/s1. The van der Waals surface area contributed by atoms with Crippen molar-refractivity contribution in [3.8, 4) is 0 Å². The van der Waals surface area contributed by atoms with E-state index in [1.807, 2.05) is 0 Å². The van der Waals surface area contributed by atoms with Gasteiger partial charge in [-0.2, -0.15) is 0 Å². The van der Waals surface area contributed by atoms with Crippen molar-refractivity contribution < 1.29 is 14.4 Å². The summed E-state index contributed by atoms with van der Waals surface area (Å²) in [5.74, 6) is 0.289. The Bertz CT molecular complexity index is 643. The van der Waals surface area contributed by atoms with Gasteiger partial charge in [-0.15, -0.1) is 0 Å². The third kappa shape index (κ3) is 3.26. The van der Waals surface area contributed by atoms with Crippen LogP contribution in [0.15, 0.2) is 11.6 Å². The van der Waals surface area contributed by atoms with E-state index < -0.39 is 5.54 Å². The summed E-state index contributed by atoms with van der Waals surface area (Å²) < 4.78 is 0. The average molecular weight is 361 g/mol. The minimum Gasteiger partial charge on any atom is -0.356 e. The highest BCUT2D eigenvalue weighted by atomic mass is 16.2. The predicted molar refractivity (Wildman–Crippen MR) is 99.3 cm³/mol. The second-order valence-electron chi connectivity index (χ2n) is 8.89. The van der Waals surface area contributed by atoms with Crippen LogP contribution in [0.5, 0.6) is 0 Å². The number of carbonyl (C=O) groups excluding carboxylic acids is 3. The third-order valence-corrected chi connectivity index (χ3v) is 6.27. The van der Waals surface area contributed by atoms with Crippen LogP contribution >= 0.6 is 0 Å². The van der Waals surface area contributed by atoms with E-state index >= 15 is 0 Å². The van der Waals surface area contributed by atoms with E-state index in [0.29, 0.717) is 25.4 Å².